The summed E-state index contributed by atoms with van der Waals surface area (Å²) < 4.78 is 12.3. The van der Waals surface area contributed by atoms with Crippen LogP contribution in [-0.2, 0) is 20.8 Å². The van der Waals surface area contributed by atoms with Gasteiger partial charge in [0.1, 0.15) is 12.2 Å². The first kappa shape index (κ1) is 18.7. The number of carbonyl (C=O) groups excluding carboxylic acids is 1. The summed E-state index contributed by atoms with van der Waals surface area (Å²) in [5.41, 5.74) is 2.68. The van der Waals surface area contributed by atoms with Gasteiger partial charge in [-0.15, -0.1) is 0 Å². The molecule has 1 aromatic carbocycles. The highest BCUT2D eigenvalue weighted by atomic mass is 16.8. The van der Waals surface area contributed by atoms with E-state index in [1.807, 2.05) is 13.8 Å². The van der Waals surface area contributed by atoms with Gasteiger partial charge < -0.3 is 19.7 Å². The van der Waals surface area contributed by atoms with E-state index < -0.39 is 5.79 Å². The Hall–Kier alpha value is -1.63. The maximum Gasteiger partial charge on any atom is 0.216 e. The molecule has 1 N–H and O–H groups in total. The Morgan fingerprint density at radius 2 is 1.96 bits per heavy atom. The normalized spacial score (nSPS) is 29.9. The molecule has 4 rings (SSSR count). The molecule has 0 bridgehead atoms. The zero-order valence-corrected chi connectivity index (χ0v) is 16.6. The fourth-order valence-corrected chi connectivity index (χ4v) is 4.71. The predicted octanol–water partition coefficient (Wildman–Crippen LogP) is 2.13. The molecule has 3 atom stereocenters. The molecular weight excluding hydrogens is 342 g/mol. The molecule has 27 heavy (non-hydrogen) atoms. The second-order valence-corrected chi connectivity index (χ2v) is 8.40. The van der Waals surface area contributed by atoms with Gasteiger partial charge in [0.05, 0.1) is 6.04 Å². The molecule has 6 nitrogen and oxygen atoms in total. The molecule has 0 spiro atoms. The monoisotopic (exact) mass is 373 g/mol. The third-order valence-electron chi connectivity index (χ3n) is 5.86. The summed E-state index contributed by atoms with van der Waals surface area (Å²) in [4.78, 5) is 16.4. The van der Waals surface area contributed by atoms with Crippen molar-refractivity contribution in [3.63, 3.8) is 0 Å². The number of carbonyl (C=O) groups is 1. The largest absolute Gasteiger partial charge is 0.371 e. The number of para-hydroxylation sites is 1. The molecule has 0 aliphatic carbocycles. The van der Waals surface area contributed by atoms with Crippen LogP contribution in [0.5, 0.6) is 0 Å². The second-order valence-electron chi connectivity index (χ2n) is 8.40. The Balaban J connectivity index is 1.53. The van der Waals surface area contributed by atoms with Crippen LogP contribution in [-0.4, -0.2) is 61.0 Å². The Bertz CT molecular complexity index is 687. The van der Waals surface area contributed by atoms with Crippen molar-refractivity contribution in [1.82, 2.24) is 10.2 Å². The fourth-order valence-electron chi connectivity index (χ4n) is 4.71. The van der Waals surface area contributed by atoms with Gasteiger partial charge in [0.15, 0.2) is 5.79 Å². The Morgan fingerprint density at radius 1 is 1.22 bits per heavy atom. The van der Waals surface area contributed by atoms with Crippen molar-refractivity contribution >= 4 is 11.6 Å². The average Bonchev–Trinajstić information content (AvgIpc) is 3.29. The van der Waals surface area contributed by atoms with E-state index in [-0.39, 0.29) is 24.2 Å². The molecule has 1 amide bonds. The zero-order chi connectivity index (χ0) is 19.0. The van der Waals surface area contributed by atoms with Crippen molar-refractivity contribution in [2.24, 2.45) is 0 Å². The van der Waals surface area contributed by atoms with Crippen LogP contribution >= 0.6 is 0 Å². The topological polar surface area (TPSA) is 54.0 Å². The van der Waals surface area contributed by atoms with Gasteiger partial charge in [-0.2, -0.15) is 0 Å². The van der Waals surface area contributed by atoms with Crippen LogP contribution < -0.4 is 10.2 Å². The molecule has 0 radical (unpaired) electrons. The van der Waals surface area contributed by atoms with Gasteiger partial charge in [0.2, 0.25) is 5.91 Å². The van der Waals surface area contributed by atoms with E-state index in [0.29, 0.717) is 6.54 Å². The lowest BCUT2D eigenvalue weighted by Crippen LogP contribution is -2.46. The summed E-state index contributed by atoms with van der Waals surface area (Å²) in [6.45, 7) is 10.0. The molecule has 0 aromatic heterocycles. The van der Waals surface area contributed by atoms with Crippen LogP contribution in [0.2, 0.25) is 0 Å². The number of rotatable bonds is 5. The lowest BCUT2D eigenvalue weighted by Gasteiger charge is -2.31. The van der Waals surface area contributed by atoms with Gasteiger partial charge in [-0.25, -0.2) is 0 Å². The first-order valence-electron chi connectivity index (χ1n) is 10.1. The smallest absolute Gasteiger partial charge is 0.216 e. The highest BCUT2D eigenvalue weighted by Crippen LogP contribution is 2.38. The van der Waals surface area contributed by atoms with Gasteiger partial charge in [0, 0.05) is 45.3 Å². The molecule has 6 heteroatoms. The average molecular weight is 373 g/mol. The van der Waals surface area contributed by atoms with Crippen molar-refractivity contribution in [1.29, 1.82) is 0 Å². The molecule has 3 fully saturated rings. The van der Waals surface area contributed by atoms with Crippen molar-refractivity contribution in [2.45, 2.75) is 64.2 Å². The van der Waals surface area contributed by atoms with Gasteiger partial charge in [-0.05, 0) is 38.3 Å². The SMILES string of the molecule is CC(=O)NC[C@H]1[C@H]2OC(C)(C)O[C@H]2CN1Cc1ccccc1N1CCCC1. The minimum Gasteiger partial charge on any atom is -0.371 e. The van der Waals surface area contributed by atoms with Crippen LogP contribution in [0.25, 0.3) is 0 Å². The van der Waals surface area contributed by atoms with Crippen molar-refractivity contribution in [3.8, 4) is 0 Å². The first-order valence-corrected chi connectivity index (χ1v) is 10.1. The number of amides is 1. The minimum atomic E-state index is -0.552. The number of fused-ring (bicyclic) bond motifs is 1. The number of benzene rings is 1. The summed E-state index contributed by atoms with van der Waals surface area (Å²) in [7, 11) is 0. The van der Waals surface area contributed by atoms with Crippen LogP contribution in [0.4, 0.5) is 5.69 Å². The van der Waals surface area contributed by atoms with Crippen LogP contribution in [0, 0.1) is 0 Å². The van der Waals surface area contributed by atoms with Crippen molar-refractivity contribution < 1.29 is 14.3 Å². The number of nitrogens with one attached hydrogen (secondary N) is 1. The zero-order valence-electron chi connectivity index (χ0n) is 16.6. The van der Waals surface area contributed by atoms with Gasteiger partial charge in [0.25, 0.3) is 0 Å². The van der Waals surface area contributed by atoms with E-state index in [1.165, 1.54) is 24.1 Å². The third-order valence-corrected chi connectivity index (χ3v) is 5.86. The number of hydrogen-bond acceptors (Lipinski definition) is 5. The first-order chi connectivity index (χ1) is 12.9. The molecular formula is C21H31N3O3. The number of ether oxygens (including phenoxy) is 2. The highest BCUT2D eigenvalue weighted by Gasteiger charge is 2.52. The Kier molecular flexibility index (Phi) is 5.14. The molecule has 148 valence electrons. The highest BCUT2D eigenvalue weighted by molar-refractivity contribution is 5.72. The summed E-state index contributed by atoms with van der Waals surface area (Å²) >= 11 is 0. The fraction of sp³-hybridized carbons (Fsp3) is 0.667. The molecule has 3 aliphatic heterocycles. The third kappa shape index (κ3) is 3.98. The van der Waals surface area contributed by atoms with Gasteiger partial charge in [-0.1, -0.05) is 18.2 Å². The van der Waals surface area contributed by atoms with E-state index in [2.05, 4.69) is 39.4 Å². The molecule has 3 aliphatic rings. The van der Waals surface area contributed by atoms with E-state index in [4.69, 9.17) is 9.47 Å². The van der Waals surface area contributed by atoms with E-state index >= 15 is 0 Å². The quantitative estimate of drug-likeness (QED) is 0.857. The summed E-state index contributed by atoms with van der Waals surface area (Å²) in [5, 5.41) is 2.99. The minimum absolute atomic E-state index is 0.00552. The molecule has 3 saturated heterocycles. The van der Waals surface area contributed by atoms with E-state index in [1.54, 1.807) is 6.92 Å². The number of nitrogens with zero attached hydrogens (tertiary/aromatic N) is 2. The maximum atomic E-state index is 11.5. The molecule has 1 aromatic rings. The van der Waals surface area contributed by atoms with E-state index in [0.717, 1.165) is 26.2 Å². The maximum absolute atomic E-state index is 11.5. The number of hydrogen-bond donors (Lipinski definition) is 1. The van der Waals surface area contributed by atoms with Crippen molar-refractivity contribution in [2.75, 3.05) is 31.1 Å². The van der Waals surface area contributed by atoms with Gasteiger partial charge >= 0.3 is 0 Å². The molecule has 3 heterocycles. The summed E-state index contributed by atoms with van der Waals surface area (Å²) in [6, 6.07) is 8.82. The second kappa shape index (κ2) is 7.41. The van der Waals surface area contributed by atoms with Gasteiger partial charge in [-0.3, -0.25) is 9.69 Å². The summed E-state index contributed by atoms with van der Waals surface area (Å²) in [6.07, 6.45) is 2.58. The lowest BCUT2D eigenvalue weighted by molar-refractivity contribution is -0.161. The van der Waals surface area contributed by atoms with Crippen LogP contribution in [0.1, 0.15) is 39.2 Å². The van der Waals surface area contributed by atoms with E-state index in [9.17, 15) is 4.79 Å². The lowest BCUT2D eigenvalue weighted by atomic mass is 10.1. The Labute approximate surface area is 161 Å². The molecule has 0 unspecified atom stereocenters. The number of anilines is 1. The summed E-state index contributed by atoms with van der Waals surface area (Å²) in [5.74, 6) is -0.558. The number of likely N-dealkylation sites (tertiary alicyclic amines) is 1. The molecule has 0 saturated carbocycles. The Morgan fingerprint density at radius 3 is 2.70 bits per heavy atom. The predicted molar refractivity (Wildman–Crippen MR) is 105 cm³/mol. The standard InChI is InChI=1S/C21H31N3O3/c1-15(25)22-12-18-20-19(26-21(2,3)27-20)14-24(18)13-16-8-4-5-9-17(16)23-10-6-7-11-23/h4-5,8-9,18-20H,6-7,10-14H2,1-3H3,(H,22,25)/t18-,19-,20+/m0/s1. The van der Waals surface area contributed by atoms with Crippen LogP contribution in [0.15, 0.2) is 24.3 Å². The van der Waals surface area contributed by atoms with Crippen LogP contribution in [0.3, 0.4) is 0 Å². The van der Waals surface area contributed by atoms with Crippen molar-refractivity contribution in [3.05, 3.63) is 29.8 Å².